The quantitative estimate of drug-likeness (QED) is 0.853. The highest BCUT2D eigenvalue weighted by Crippen LogP contribution is 2.25. The zero-order valence-corrected chi connectivity index (χ0v) is 12.8. The van der Waals surface area contributed by atoms with E-state index in [-0.39, 0.29) is 12.1 Å². The van der Waals surface area contributed by atoms with Gasteiger partial charge in [-0.2, -0.15) is 0 Å². The van der Waals surface area contributed by atoms with Gasteiger partial charge in [-0.1, -0.05) is 0 Å². The summed E-state index contributed by atoms with van der Waals surface area (Å²) < 4.78 is 11.1. The molecule has 1 aromatic rings. The fraction of sp³-hybridized carbons (Fsp3) is 0.588. The molecule has 2 aliphatic heterocycles. The van der Waals surface area contributed by atoms with Crippen LogP contribution in [0, 0.1) is 0 Å². The Labute approximate surface area is 126 Å². The number of rotatable bonds is 4. The second-order valence-corrected chi connectivity index (χ2v) is 6.17. The van der Waals surface area contributed by atoms with E-state index >= 15 is 0 Å². The summed E-state index contributed by atoms with van der Waals surface area (Å²) in [7, 11) is 2.27. The van der Waals surface area contributed by atoms with E-state index in [0.717, 1.165) is 18.6 Å². The molecule has 0 saturated carbocycles. The van der Waals surface area contributed by atoms with Gasteiger partial charge in [0, 0.05) is 25.7 Å². The van der Waals surface area contributed by atoms with Crippen molar-refractivity contribution < 1.29 is 19.2 Å². The maximum absolute atomic E-state index is 12.2. The topological polar surface area (TPSA) is 40.0 Å². The molecule has 0 amide bonds. The molecule has 2 aliphatic rings. The van der Waals surface area contributed by atoms with Gasteiger partial charge in [0.25, 0.3) is 0 Å². The standard InChI is InChI=1S/C17H23NO3/c1-3-20-15-8-4-12(5-9-15)17(19)21-16-10-13-6-7-14(11-16)18(13)2/h4-5,8-9,13-14,16H,3,6-7,10-11H2,1-2H3/p+1. The highest BCUT2D eigenvalue weighted by molar-refractivity contribution is 5.89. The maximum Gasteiger partial charge on any atom is 0.338 e. The number of carbonyl (C=O) groups excluding carboxylic acids is 1. The Morgan fingerprint density at radius 3 is 2.38 bits per heavy atom. The van der Waals surface area contributed by atoms with Crippen molar-refractivity contribution in [3.8, 4) is 5.75 Å². The molecule has 3 rings (SSSR count). The summed E-state index contributed by atoms with van der Waals surface area (Å²) in [6.45, 7) is 2.57. The largest absolute Gasteiger partial charge is 0.494 e. The lowest BCUT2D eigenvalue weighted by atomic mass is 10.0. The number of fused-ring (bicyclic) bond motifs is 2. The molecular formula is C17H24NO3+. The zero-order valence-electron chi connectivity index (χ0n) is 12.8. The van der Waals surface area contributed by atoms with Crippen LogP contribution in [0.25, 0.3) is 0 Å². The van der Waals surface area contributed by atoms with Crippen LogP contribution in [0.4, 0.5) is 0 Å². The first-order chi connectivity index (χ1) is 10.2. The SMILES string of the molecule is CCOc1ccc(C(=O)OC2CC3CCC(C2)[NH+]3C)cc1. The summed E-state index contributed by atoms with van der Waals surface area (Å²) in [5.41, 5.74) is 0.608. The number of piperidine rings is 1. The Hall–Kier alpha value is -1.55. The fourth-order valence-corrected chi connectivity index (χ4v) is 3.70. The molecular weight excluding hydrogens is 266 g/mol. The van der Waals surface area contributed by atoms with E-state index in [1.807, 2.05) is 19.1 Å². The molecule has 1 aromatic carbocycles. The van der Waals surface area contributed by atoms with E-state index < -0.39 is 0 Å². The van der Waals surface area contributed by atoms with Crippen molar-refractivity contribution >= 4 is 5.97 Å². The van der Waals surface area contributed by atoms with Gasteiger partial charge in [-0.15, -0.1) is 0 Å². The van der Waals surface area contributed by atoms with E-state index in [1.165, 1.54) is 12.8 Å². The van der Waals surface area contributed by atoms with Crippen LogP contribution in [0.3, 0.4) is 0 Å². The molecule has 4 heteroatoms. The lowest BCUT2D eigenvalue weighted by Gasteiger charge is -2.33. The van der Waals surface area contributed by atoms with Gasteiger partial charge in [0.2, 0.25) is 0 Å². The normalized spacial score (nSPS) is 31.0. The van der Waals surface area contributed by atoms with Gasteiger partial charge in [0.1, 0.15) is 11.9 Å². The van der Waals surface area contributed by atoms with Crippen molar-refractivity contribution in [3.05, 3.63) is 29.8 Å². The highest BCUT2D eigenvalue weighted by Gasteiger charge is 2.43. The molecule has 4 nitrogen and oxygen atoms in total. The number of hydrogen-bond acceptors (Lipinski definition) is 3. The van der Waals surface area contributed by atoms with Crippen LogP contribution in [0.5, 0.6) is 5.75 Å². The van der Waals surface area contributed by atoms with Gasteiger partial charge >= 0.3 is 5.97 Å². The molecule has 2 bridgehead atoms. The van der Waals surface area contributed by atoms with Crippen LogP contribution < -0.4 is 9.64 Å². The molecule has 2 heterocycles. The van der Waals surface area contributed by atoms with Crippen molar-refractivity contribution in [2.75, 3.05) is 13.7 Å². The predicted octanol–water partition coefficient (Wildman–Crippen LogP) is 1.45. The van der Waals surface area contributed by atoms with Crippen molar-refractivity contribution in [2.45, 2.75) is 50.8 Å². The van der Waals surface area contributed by atoms with Crippen molar-refractivity contribution in [2.24, 2.45) is 0 Å². The van der Waals surface area contributed by atoms with Gasteiger partial charge in [-0.3, -0.25) is 0 Å². The molecule has 0 aliphatic carbocycles. The van der Waals surface area contributed by atoms with Crippen LogP contribution in [-0.4, -0.2) is 37.8 Å². The number of carbonyl (C=O) groups is 1. The van der Waals surface area contributed by atoms with Crippen molar-refractivity contribution in [1.29, 1.82) is 0 Å². The highest BCUT2D eigenvalue weighted by atomic mass is 16.5. The molecule has 0 spiro atoms. The molecule has 0 aromatic heterocycles. The van der Waals surface area contributed by atoms with Gasteiger partial charge in [0.15, 0.2) is 0 Å². The number of nitrogens with one attached hydrogen (secondary N) is 1. The average Bonchev–Trinajstić information content (AvgIpc) is 2.71. The number of esters is 1. The zero-order chi connectivity index (χ0) is 14.8. The Kier molecular flexibility index (Phi) is 4.15. The van der Waals surface area contributed by atoms with Crippen molar-refractivity contribution in [1.82, 2.24) is 0 Å². The maximum atomic E-state index is 12.2. The van der Waals surface area contributed by atoms with Crippen molar-refractivity contribution in [3.63, 3.8) is 0 Å². The van der Waals surface area contributed by atoms with Gasteiger partial charge in [0.05, 0.1) is 31.3 Å². The number of hydrogen-bond donors (Lipinski definition) is 1. The fourth-order valence-electron chi connectivity index (χ4n) is 3.70. The number of ether oxygens (including phenoxy) is 2. The van der Waals surface area contributed by atoms with Crippen LogP contribution >= 0.6 is 0 Å². The van der Waals surface area contributed by atoms with Crippen LogP contribution in [0.15, 0.2) is 24.3 Å². The second kappa shape index (κ2) is 6.06. The molecule has 2 saturated heterocycles. The Bertz CT molecular complexity index is 485. The summed E-state index contributed by atoms with van der Waals surface area (Å²) in [6.07, 6.45) is 4.64. The smallest absolute Gasteiger partial charge is 0.338 e. The summed E-state index contributed by atoms with van der Waals surface area (Å²) in [6, 6.07) is 8.54. The molecule has 21 heavy (non-hydrogen) atoms. The first-order valence-corrected chi connectivity index (χ1v) is 7.94. The first kappa shape index (κ1) is 14.4. The summed E-state index contributed by atoms with van der Waals surface area (Å²) in [5, 5.41) is 0. The van der Waals surface area contributed by atoms with Gasteiger partial charge in [-0.25, -0.2) is 4.79 Å². The number of benzene rings is 1. The second-order valence-electron chi connectivity index (χ2n) is 6.17. The van der Waals surface area contributed by atoms with E-state index in [0.29, 0.717) is 24.3 Å². The Balaban J connectivity index is 1.59. The first-order valence-electron chi connectivity index (χ1n) is 7.94. The lowest BCUT2D eigenvalue weighted by Crippen LogP contribution is -3.15. The molecule has 114 valence electrons. The summed E-state index contributed by atoms with van der Waals surface area (Å²) in [4.78, 5) is 13.9. The third kappa shape index (κ3) is 3.05. The van der Waals surface area contributed by atoms with Crippen LogP contribution in [-0.2, 0) is 4.74 Å². The minimum absolute atomic E-state index is 0.0882. The summed E-state index contributed by atoms with van der Waals surface area (Å²) >= 11 is 0. The third-order valence-corrected chi connectivity index (χ3v) is 4.92. The van der Waals surface area contributed by atoms with E-state index in [2.05, 4.69) is 7.05 Å². The minimum atomic E-state index is -0.206. The lowest BCUT2D eigenvalue weighted by molar-refractivity contribution is -0.923. The molecule has 2 fully saturated rings. The van der Waals surface area contributed by atoms with Gasteiger partial charge in [-0.05, 0) is 31.2 Å². The van der Waals surface area contributed by atoms with E-state index in [4.69, 9.17) is 9.47 Å². The minimum Gasteiger partial charge on any atom is -0.494 e. The van der Waals surface area contributed by atoms with Crippen LogP contribution in [0.1, 0.15) is 43.0 Å². The Morgan fingerprint density at radius 2 is 1.81 bits per heavy atom. The molecule has 0 radical (unpaired) electrons. The summed E-state index contributed by atoms with van der Waals surface area (Å²) in [5.74, 6) is 0.581. The average molecular weight is 290 g/mol. The molecule has 2 unspecified atom stereocenters. The number of quaternary nitrogens is 1. The predicted molar refractivity (Wildman–Crippen MR) is 79.7 cm³/mol. The molecule has 1 N–H and O–H groups in total. The Morgan fingerprint density at radius 1 is 1.19 bits per heavy atom. The van der Waals surface area contributed by atoms with Gasteiger partial charge < -0.3 is 14.4 Å². The molecule has 2 atom stereocenters. The van der Waals surface area contributed by atoms with E-state index in [9.17, 15) is 4.79 Å². The van der Waals surface area contributed by atoms with E-state index in [1.54, 1.807) is 17.0 Å². The van der Waals surface area contributed by atoms with Crippen LogP contribution in [0.2, 0.25) is 0 Å². The monoisotopic (exact) mass is 290 g/mol. The third-order valence-electron chi connectivity index (χ3n) is 4.92.